The first-order valence-electron chi connectivity index (χ1n) is 23.1. The lowest BCUT2D eigenvalue weighted by atomic mass is 9.94. The Morgan fingerprint density at radius 3 is 1.64 bits per heavy atom. The number of hydrogen-bond donors (Lipinski definition) is 2. The molecule has 0 saturated carbocycles. The summed E-state index contributed by atoms with van der Waals surface area (Å²) in [5, 5.41) is 25.4. The molecule has 2 aliphatic heterocycles. The summed E-state index contributed by atoms with van der Waals surface area (Å²) in [7, 11) is 0. The van der Waals surface area contributed by atoms with Crippen molar-refractivity contribution in [3.8, 4) is 36.2 Å². The molecule has 2 N–H and O–H groups in total. The van der Waals surface area contributed by atoms with Gasteiger partial charge in [-0.2, -0.15) is 0 Å². The van der Waals surface area contributed by atoms with E-state index in [2.05, 4.69) is 11.8 Å². The van der Waals surface area contributed by atoms with Crippen molar-refractivity contribution in [3.05, 3.63) is 213 Å². The summed E-state index contributed by atoms with van der Waals surface area (Å²) in [5.74, 6) is 1.77. The Kier molecular flexibility index (Phi) is 14.1. The molecule has 0 saturated heterocycles. The Balaban J connectivity index is 0.00000689. The second-order valence-electron chi connectivity index (χ2n) is 17.3. The lowest BCUT2D eigenvalue weighted by Gasteiger charge is -2.19. The van der Waals surface area contributed by atoms with Crippen molar-refractivity contribution in [2.75, 3.05) is 29.6 Å². The van der Waals surface area contributed by atoms with Gasteiger partial charge in [0.2, 0.25) is 6.29 Å². The molecule has 370 valence electrons. The van der Waals surface area contributed by atoms with Crippen LogP contribution in [0.5, 0.6) is 11.5 Å². The van der Waals surface area contributed by atoms with E-state index in [4.69, 9.17) is 31.8 Å². The third kappa shape index (κ3) is 9.90. The molecule has 8 aromatic carbocycles. The number of carbonyl (C=O) groups excluding carboxylic acids is 6. The summed E-state index contributed by atoms with van der Waals surface area (Å²) in [4.78, 5) is 81.3. The molecule has 14 nitrogen and oxygen atoms in total. The maximum absolute atomic E-state index is 13.4. The van der Waals surface area contributed by atoms with Crippen molar-refractivity contribution in [3.63, 3.8) is 0 Å². The fraction of sp³-hybridized carbons (Fsp3) is 0.115. The summed E-state index contributed by atoms with van der Waals surface area (Å²) >= 11 is 0. The molecule has 0 radical (unpaired) electrons. The number of carbonyl (C=O) groups is 6. The summed E-state index contributed by atoms with van der Waals surface area (Å²) in [6, 6.07) is 43.4. The standard InChI is InChI=1S/C60H40N2O12.CH4/c1-3-35-12-20-42(21-13-35)61-55(65)47-25-17-40(29-51(47)57(61)67)59(69)72-33-44(63)32-71-45-24-16-38-9-7-10-39(49(38)31-45)28-50-46-11-6-5-8-37(46)19-27-53(50)74-54(64)34-73-60(70)41-18-26-48-52(30-41)58(68)62(56(48)66)43-22-14-36(4-2)15-23-43;/h1-2,5-27,29-31,44,54,63-64H,28,32-34H2;1H4. The third-order valence-corrected chi connectivity index (χ3v) is 12.6. The summed E-state index contributed by atoms with van der Waals surface area (Å²) in [6.07, 6.45) is 8.37. The van der Waals surface area contributed by atoms with Crippen LogP contribution in [-0.2, 0) is 15.9 Å². The van der Waals surface area contributed by atoms with Crippen LogP contribution in [0, 0.1) is 24.7 Å². The van der Waals surface area contributed by atoms with Gasteiger partial charge in [-0.3, -0.25) is 19.2 Å². The quantitative estimate of drug-likeness (QED) is 0.0431. The van der Waals surface area contributed by atoms with E-state index in [0.717, 1.165) is 42.5 Å². The first-order valence-corrected chi connectivity index (χ1v) is 23.1. The van der Waals surface area contributed by atoms with Gasteiger partial charge < -0.3 is 29.2 Å². The summed E-state index contributed by atoms with van der Waals surface area (Å²) in [5.41, 5.74) is 3.77. The average Bonchev–Trinajstić information content (AvgIpc) is 3.86. The number of esters is 2. The van der Waals surface area contributed by atoms with Gasteiger partial charge in [0.25, 0.3) is 23.6 Å². The second-order valence-corrected chi connectivity index (χ2v) is 17.3. The Labute approximate surface area is 430 Å². The molecule has 0 aromatic heterocycles. The number of amides is 4. The van der Waals surface area contributed by atoms with Gasteiger partial charge >= 0.3 is 11.9 Å². The first-order chi connectivity index (χ1) is 35.9. The maximum Gasteiger partial charge on any atom is 0.338 e. The highest BCUT2D eigenvalue weighted by molar-refractivity contribution is 6.35. The molecule has 0 spiro atoms. The minimum Gasteiger partial charge on any atom is -0.491 e. The van der Waals surface area contributed by atoms with E-state index in [9.17, 15) is 39.0 Å². The number of benzene rings is 8. The number of anilines is 2. The van der Waals surface area contributed by atoms with Crippen LogP contribution in [0.15, 0.2) is 158 Å². The van der Waals surface area contributed by atoms with Gasteiger partial charge in [0, 0.05) is 23.1 Å². The molecular formula is C61H44N2O12. The largest absolute Gasteiger partial charge is 0.491 e. The van der Waals surface area contributed by atoms with Crippen molar-refractivity contribution in [1.82, 2.24) is 0 Å². The number of imide groups is 2. The van der Waals surface area contributed by atoms with E-state index in [0.29, 0.717) is 40.4 Å². The third-order valence-electron chi connectivity index (χ3n) is 12.6. The lowest BCUT2D eigenvalue weighted by Crippen LogP contribution is -2.29. The Bertz CT molecular complexity index is 3720. The number of fused-ring (bicyclic) bond motifs is 4. The highest BCUT2D eigenvalue weighted by Gasteiger charge is 2.39. The number of aliphatic hydroxyl groups excluding tert-OH is 2. The molecule has 8 aromatic rings. The normalized spacial score (nSPS) is 13.3. The topological polar surface area (TPSA) is 186 Å². The Hall–Kier alpha value is -9.86. The maximum atomic E-state index is 13.4. The number of terminal acetylenes is 2. The molecule has 2 unspecified atom stereocenters. The molecule has 0 fully saturated rings. The van der Waals surface area contributed by atoms with Crippen molar-refractivity contribution < 1.29 is 57.9 Å². The first kappa shape index (κ1) is 50.1. The van der Waals surface area contributed by atoms with E-state index < -0.39 is 61.2 Å². The van der Waals surface area contributed by atoms with Crippen molar-refractivity contribution >= 4 is 68.5 Å². The van der Waals surface area contributed by atoms with Gasteiger partial charge in [-0.25, -0.2) is 19.4 Å². The lowest BCUT2D eigenvalue weighted by molar-refractivity contribution is -0.0639. The predicted molar refractivity (Wildman–Crippen MR) is 280 cm³/mol. The van der Waals surface area contributed by atoms with Crippen LogP contribution in [0.1, 0.15) is 91.8 Å². The number of nitrogens with zero attached hydrogens (tertiary/aromatic N) is 2. The second kappa shape index (κ2) is 21.1. The van der Waals surface area contributed by atoms with Gasteiger partial charge in [0.1, 0.15) is 30.8 Å². The SMILES string of the molecule is C.C#Cc1ccc(N2C(=O)c3ccc(C(=O)OCC(O)COc4ccc5cccc(Cc6c(OC(O)COC(=O)c7ccc8c(c7)C(=O)N(c7ccc(C#C)cc7)C8=O)ccc7ccccc67)c5c4)cc3C2=O)cc1. The molecule has 0 aliphatic carbocycles. The molecule has 2 heterocycles. The van der Waals surface area contributed by atoms with Gasteiger partial charge in [-0.05, 0) is 130 Å². The van der Waals surface area contributed by atoms with E-state index in [-0.39, 0.29) is 47.4 Å². The molecular weight excluding hydrogens is 953 g/mol. The van der Waals surface area contributed by atoms with Gasteiger partial charge in [0.05, 0.1) is 44.8 Å². The van der Waals surface area contributed by atoms with Crippen LogP contribution >= 0.6 is 0 Å². The zero-order valence-corrected chi connectivity index (χ0v) is 39.0. The number of aliphatic hydroxyl groups is 2. The number of hydrogen-bond acceptors (Lipinski definition) is 12. The van der Waals surface area contributed by atoms with Gasteiger partial charge in [-0.1, -0.05) is 73.9 Å². The molecule has 75 heavy (non-hydrogen) atoms. The Morgan fingerprint density at radius 1 is 0.533 bits per heavy atom. The van der Waals surface area contributed by atoms with E-state index in [1.54, 1.807) is 60.7 Å². The molecule has 10 rings (SSSR count). The smallest absolute Gasteiger partial charge is 0.338 e. The van der Waals surface area contributed by atoms with Crippen LogP contribution in [0.25, 0.3) is 21.5 Å². The van der Waals surface area contributed by atoms with Crippen LogP contribution in [0.2, 0.25) is 0 Å². The molecule has 14 heteroatoms. The molecule has 2 aliphatic rings. The minimum absolute atomic E-state index is 0. The van der Waals surface area contributed by atoms with Gasteiger partial charge in [0.15, 0.2) is 6.61 Å². The molecule has 0 bridgehead atoms. The van der Waals surface area contributed by atoms with Crippen LogP contribution < -0.4 is 19.3 Å². The summed E-state index contributed by atoms with van der Waals surface area (Å²) in [6.45, 7) is -1.23. The van der Waals surface area contributed by atoms with Crippen LogP contribution in [-0.4, -0.2) is 78.0 Å². The van der Waals surface area contributed by atoms with E-state index >= 15 is 0 Å². The average molecular weight is 997 g/mol. The highest BCUT2D eigenvalue weighted by atomic mass is 16.6. The monoisotopic (exact) mass is 996 g/mol. The zero-order valence-electron chi connectivity index (χ0n) is 39.0. The molecule has 2 atom stereocenters. The fourth-order valence-corrected chi connectivity index (χ4v) is 8.88. The van der Waals surface area contributed by atoms with Crippen molar-refractivity contribution in [2.45, 2.75) is 26.2 Å². The Morgan fingerprint density at radius 2 is 1.05 bits per heavy atom. The number of ether oxygens (including phenoxy) is 4. The van der Waals surface area contributed by atoms with Gasteiger partial charge in [-0.15, -0.1) is 12.8 Å². The van der Waals surface area contributed by atoms with Crippen molar-refractivity contribution in [2.24, 2.45) is 0 Å². The van der Waals surface area contributed by atoms with E-state index in [1.807, 2.05) is 60.7 Å². The molecule has 4 amide bonds. The van der Waals surface area contributed by atoms with E-state index in [1.165, 1.54) is 36.4 Å². The highest BCUT2D eigenvalue weighted by Crippen LogP contribution is 2.35. The minimum atomic E-state index is -1.60. The summed E-state index contributed by atoms with van der Waals surface area (Å²) < 4.78 is 22.9. The number of rotatable bonds is 15. The predicted octanol–water partition coefficient (Wildman–Crippen LogP) is 8.93. The fourth-order valence-electron chi connectivity index (χ4n) is 8.88. The van der Waals surface area contributed by atoms with Crippen molar-refractivity contribution in [1.29, 1.82) is 0 Å². The van der Waals surface area contributed by atoms with Crippen LogP contribution in [0.3, 0.4) is 0 Å². The van der Waals surface area contributed by atoms with Crippen LogP contribution in [0.4, 0.5) is 11.4 Å². The zero-order chi connectivity index (χ0) is 51.6.